The number of hydrogen-bond acceptors (Lipinski definition) is 4. The lowest BCUT2D eigenvalue weighted by atomic mass is 10.00. The summed E-state index contributed by atoms with van der Waals surface area (Å²) in [5, 5.41) is 0. The zero-order valence-corrected chi connectivity index (χ0v) is 21.4. The minimum absolute atomic E-state index is 0.0864. The fourth-order valence-electron chi connectivity index (χ4n) is 5.47. The van der Waals surface area contributed by atoms with Crippen LogP contribution in [0.4, 0.5) is 5.69 Å². The molecule has 6 heteroatoms. The number of para-hydroxylation sites is 1. The number of aromatic nitrogens is 1. The van der Waals surface area contributed by atoms with Gasteiger partial charge in [0, 0.05) is 56.7 Å². The average molecular weight is 477 g/mol. The Morgan fingerprint density at radius 2 is 1.54 bits per heavy atom. The Kier molecular flexibility index (Phi) is 8.91. The lowest BCUT2D eigenvalue weighted by Crippen LogP contribution is -2.47. The van der Waals surface area contributed by atoms with E-state index in [0.29, 0.717) is 11.6 Å². The molecule has 0 saturated carbocycles. The predicted molar refractivity (Wildman–Crippen MR) is 140 cm³/mol. The highest BCUT2D eigenvalue weighted by molar-refractivity contribution is 5.94. The number of hydrogen-bond donors (Lipinski definition) is 0. The van der Waals surface area contributed by atoms with Gasteiger partial charge in [-0.15, -0.1) is 0 Å². The molecule has 2 aromatic rings. The molecule has 1 aromatic carbocycles. The zero-order chi connectivity index (χ0) is 24.6. The molecule has 0 bridgehead atoms. The van der Waals surface area contributed by atoms with Gasteiger partial charge in [0.15, 0.2) is 0 Å². The van der Waals surface area contributed by atoms with Crippen molar-refractivity contribution in [2.24, 2.45) is 0 Å². The molecule has 4 rings (SSSR count). The van der Waals surface area contributed by atoms with Gasteiger partial charge in [-0.05, 0) is 62.9 Å². The SMILES string of the molecule is CC(=O)N1CCCCCCCCN(C2CCN(C(=O)c3ccc(C)nc3)CC2)Cc2ccccc21. The van der Waals surface area contributed by atoms with Gasteiger partial charge >= 0.3 is 0 Å². The van der Waals surface area contributed by atoms with Crippen molar-refractivity contribution < 1.29 is 9.59 Å². The van der Waals surface area contributed by atoms with Crippen LogP contribution in [0.5, 0.6) is 0 Å². The van der Waals surface area contributed by atoms with Gasteiger partial charge in [-0.25, -0.2) is 0 Å². The summed E-state index contributed by atoms with van der Waals surface area (Å²) in [6.45, 7) is 7.87. The summed E-state index contributed by atoms with van der Waals surface area (Å²) in [6, 6.07) is 12.6. The van der Waals surface area contributed by atoms with E-state index in [1.807, 2.05) is 34.9 Å². The zero-order valence-electron chi connectivity index (χ0n) is 21.4. The van der Waals surface area contributed by atoms with Crippen LogP contribution in [0.2, 0.25) is 0 Å². The van der Waals surface area contributed by atoms with Crippen molar-refractivity contribution in [1.82, 2.24) is 14.8 Å². The topological polar surface area (TPSA) is 56.8 Å². The summed E-state index contributed by atoms with van der Waals surface area (Å²) >= 11 is 0. The molecule has 1 fully saturated rings. The molecule has 35 heavy (non-hydrogen) atoms. The van der Waals surface area contributed by atoms with E-state index in [0.717, 1.165) is 63.4 Å². The highest BCUT2D eigenvalue weighted by atomic mass is 16.2. The number of nitrogens with zero attached hydrogens (tertiary/aromatic N) is 4. The number of aryl methyl sites for hydroxylation is 1. The van der Waals surface area contributed by atoms with Gasteiger partial charge in [0.1, 0.15) is 0 Å². The first-order valence-electron chi connectivity index (χ1n) is 13.3. The third-order valence-corrected chi connectivity index (χ3v) is 7.54. The van der Waals surface area contributed by atoms with Crippen molar-refractivity contribution in [2.75, 3.05) is 31.1 Å². The number of amides is 2. The van der Waals surface area contributed by atoms with Gasteiger partial charge in [-0.1, -0.05) is 43.9 Å². The Bertz CT molecular complexity index is 982. The minimum Gasteiger partial charge on any atom is -0.338 e. The number of likely N-dealkylation sites (tertiary alicyclic amines) is 1. The van der Waals surface area contributed by atoms with Crippen molar-refractivity contribution in [3.8, 4) is 0 Å². The minimum atomic E-state index is 0.0864. The van der Waals surface area contributed by atoms with Crippen LogP contribution in [0.25, 0.3) is 0 Å². The maximum absolute atomic E-state index is 13.0. The van der Waals surface area contributed by atoms with E-state index in [1.165, 1.54) is 37.7 Å². The lowest BCUT2D eigenvalue weighted by Gasteiger charge is -2.39. The summed E-state index contributed by atoms with van der Waals surface area (Å²) < 4.78 is 0. The molecule has 0 aliphatic carbocycles. The summed E-state index contributed by atoms with van der Waals surface area (Å²) in [5.41, 5.74) is 3.89. The van der Waals surface area contributed by atoms with Crippen molar-refractivity contribution in [3.63, 3.8) is 0 Å². The molecule has 1 saturated heterocycles. The number of carbonyl (C=O) groups excluding carboxylic acids is 2. The quantitative estimate of drug-likeness (QED) is 0.598. The van der Waals surface area contributed by atoms with Crippen molar-refractivity contribution in [1.29, 1.82) is 0 Å². The molecule has 0 radical (unpaired) electrons. The molecule has 2 aliphatic rings. The first-order valence-corrected chi connectivity index (χ1v) is 13.3. The van der Waals surface area contributed by atoms with E-state index in [2.05, 4.69) is 28.1 Å². The molecule has 0 atom stereocenters. The van der Waals surface area contributed by atoms with Gasteiger partial charge in [0.05, 0.1) is 5.56 Å². The van der Waals surface area contributed by atoms with E-state index >= 15 is 0 Å². The number of pyridine rings is 1. The van der Waals surface area contributed by atoms with E-state index in [1.54, 1.807) is 13.1 Å². The first kappa shape index (κ1) is 25.4. The number of anilines is 1. The Hall–Kier alpha value is -2.73. The van der Waals surface area contributed by atoms with Crippen LogP contribution < -0.4 is 4.90 Å². The average Bonchev–Trinajstić information content (AvgIpc) is 2.89. The third kappa shape index (κ3) is 6.69. The summed E-state index contributed by atoms with van der Waals surface area (Å²) in [7, 11) is 0. The van der Waals surface area contributed by atoms with E-state index in [-0.39, 0.29) is 11.8 Å². The van der Waals surface area contributed by atoms with E-state index in [4.69, 9.17) is 0 Å². The van der Waals surface area contributed by atoms with Gasteiger partial charge < -0.3 is 9.80 Å². The molecule has 3 heterocycles. The summed E-state index contributed by atoms with van der Waals surface area (Å²) in [5.74, 6) is 0.208. The van der Waals surface area contributed by atoms with Crippen LogP contribution in [0.3, 0.4) is 0 Å². The molecule has 1 aromatic heterocycles. The number of fused-ring (bicyclic) bond motifs is 1. The second kappa shape index (κ2) is 12.3. The fraction of sp³-hybridized carbons (Fsp3) is 0.552. The second-order valence-corrected chi connectivity index (χ2v) is 10.1. The number of benzene rings is 1. The van der Waals surface area contributed by atoms with E-state index in [9.17, 15) is 9.59 Å². The van der Waals surface area contributed by atoms with Gasteiger partial charge in [0.25, 0.3) is 5.91 Å². The van der Waals surface area contributed by atoms with Gasteiger partial charge in [-0.3, -0.25) is 19.5 Å². The maximum atomic E-state index is 13.0. The van der Waals surface area contributed by atoms with E-state index < -0.39 is 0 Å². The lowest BCUT2D eigenvalue weighted by molar-refractivity contribution is -0.116. The second-order valence-electron chi connectivity index (χ2n) is 10.1. The highest BCUT2D eigenvalue weighted by Crippen LogP contribution is 2.27. The van der Waals surface area contributed by atoms with Gasteiger partial charge in [0.2, 0.25) is 5.91 Å². The smallest absolute Gasteiger partial charge is 0.255 e. The third-order valence-electron chi connectivity index (χ3n) is 7.54. The Labute approximate surface area is 210 Å². The fourth-order valence-corrected chi connectivity index (χ4v) is 5.47. The van der Waals surface area contributed by atoms with Crippen LogP contribution >= 0.6 is 0 Å². The van der Waals surface area contributed by atoms with Crippen LogP contribution in [0, 0.1) is 6.92 Å². The van der Waals surface area contributed by atoms with Crippen LogP contribution in [0.1, 0.15) is 79.9 Å². The van der Waals surface area contributed by atoms with Gasteiger partial charge in [-0.2, -0.15) is 0 Å². The standard InChI is InChI=1S/C29H40N4O2/c1-23-13-14-25(21-30-23)29(35)31-19-15-27(16-20-31)32-17-9-5-3-4-6-10-18-33(24(2)34)28-12-8-7-11-26(28)22-32/h7-8,11-14,21,27H,3-6,9-10,15-20,22H2,1-2H3. The Morgan fingerprint density at radius 1 is 0.857 bits per heavy atom. The molecule has 6 nitrogen and oxygen atoms in total. The van der Waals surface area contributed by atoms with Crippen LogP contribution in [-0.2, 0) is 11.3 Å². The molecule has 2 amide bonds. The number of piperidine rings is 1. The molecule has 188 valence electrons. The Balaban J connectivity index is 1.48. The molecule has 0 unspecified atom stereocenters. The predicted octanol–water partition coefficient (Wildman–Crippen LogP) is 5.20. The van der Waals surface area contributed by atoms with Crippen molar-refractivity contribution in [3.05, 3.63) is 59.4 Å². The molecular weight excluding hydrogens is 436 g/mol. The van der Waals surface area contributed by atoms with Crippen molar-refractivity contribution in [2.45, 2.75) is 77.8 Å². The monoisotopic (exact) mass is 476 g/mol. The molecular formula is C29H40N4O2. The molecule has 0 N–H and O–H groups in total. The Morgan fingerprint density at radius 3 is 2.23 bits per heavy atom. The summed E-state index contributed by atoms with van der Waals surface area (Å²) in [4.78, 5) is 36.4. The summed E-state index contributed by atoms with van der Waals surface area (Å²) in [6.07, 6.45) is 10.8. The number of rotatable bonds is 2. The molecule has 0 spiro atoms. The normalized spacial score (nSPS) is 19.3. The maximum Gasteiger partial charge on any atom is 0.255 e. The largest absolute Gasteiger partial charge is 0.338 e. The number of carbonyl (C=O) groups is 2. The van der Waals surface area contributed by atoms with Crippen LogP contribution in [-0.4, -0.2) is 58.8 Å². The van der Waals surface area contributed by atoms with Crippen molar-refractivity contribution >= 4 is 17.5 Å². The molecule has 2 aliphatic heterocycles. The highest BCUT2D eigenvalue weighted by Gasteiger charge is 2.28. The first-order chi connectivity index (χ1) is 17.0. The van der Waals surface area contributed by atoms with Crippen LogP contribution in [0.15, 0.2) is 42.6 Å².